The third-order valence-corrected chi connectivity index (χ3v) is 4.56. The maximum Gasteiger partial charge on any atom is 0.251 e. The van der Waals surface area contributed by atoms with E-state index in [0.717, 1.165) is 25.9 Å². The van der Waals surface area contributed by atoms with Gasteiger partial charge in [0, 0.05) is 24.6 Å². The van der Waals surface area contributed by atoms with Crippen molar-refractivity contribution in [3.63, 3.8) is 0 Å². The van der Waals surface area contributed by atoms with Crippen LogP contribution < -0.4 is 10.6 Å². The Morgan fingerprint density at radius 1 is 1.45 bits per heavy atom. The van der Waals surface area contributed by atoms with Crippen LogP contribution in [0.3, 0.4) is 0 Å². The van der Waals surface area contributed by atoms with Gasteiger partial charge >= 0.3 is 0 Å². The molecule has 0 atom stereocenters. The van der Waals surface area contributed by atoms with Crippen molar-refractivity contribution in [2.45, 2.75) is 12.8 Å². The first-order chi connectivity index (χ1) is 10.1. The van der Waals surface area contributed by atoms with Crippen LogP contribution in [0.4, 0.5) is 4.39 Å². The van der Waals surface area contributed by atoms with Gasteiger partial charge in [0.15, 0.2) is 0 Å². The smallest absolute Gasteiger partial charge is 0.251 e. The van der Waals surface area contributed by atoms with Gasteiger partial charge in [-0.05, 0) is 60.1 Å². The van der Waals surface area contributed by atoms with E-state index in [0.29, 0.717) is 23.2 Å². The van der Waals surface area contributed by atoms with Crippen molar-refractivity contribution in [3.05, 3.63) is 34.1 Å². The molecule has 0 aliphatic carbocycles. The number of rotatable bonds is 5. The first-order valence-electron chi connectivity index (χ1n) is 6.99. The molecule has 1 saturated heterocycles. The summed E-state index contributed by atoms with van der Waals surface area (Å²) in [4.78, 5) is 12.1. The second-order valence-electron chi connectivity index (χ2n) is 5.49. The van der Waals surface area contributed by atoms with Crippen molar-refractivity contribution in [2.24, 2.45) is 5.41 Å². The van der Waals surface area contributed by atoms with Crippen molar-refractivity contribution in [3.8, 4) is 0 Å². The molecule has 0 radical (unpaired) electrons. The lowest BCUT2D eigenvalue weighted by Gasteiger charge is -2.37. The molecule has 7 heteroatoms. The number of nitrogens with one attached hydrogen (secondary N) is 2. The Labute approximate surface area is 144 Å². The fourth-order valence-corrected chi connectivity index (χ4v) is 2.89. The highest BCUT2D eigenvalue weighted by Crippen LogP contribution is 2.28. The van der Waals surface area contributed by atoms with Gasteiger partial charge in [0.2, 0.25) is 0 Å². The third kappa shape index (κ3) is 4.91. The maximum absolute atomic E-state index is 13.5. The summed E-state index contributed by atoms with van der Waals surface area (Å²) in [5, 5.41) is 6.22. The van der Waals surface area contributed by atoms with E-state index in [1.807, 2.05) is 0 Å². The zero-order valence-electron chi connectivity index (χ0n) is 12.5. The third-order valence-electron chi connectivity index (χ3n) is 3.92. The summed E-state index contributed by atoms with van der Waals surface area (Å²) in [6.07, 6.45) is 1.91. The monoisotopic (exact) mass is 394 g/mol. The van der Waals surface area contributed by atoms with E-state index < -0.39 is 5.82 Å². The van der Waals surface area contributed by atoms with Crippen LogP contribution >= 0.6 is 28.3 Å². The van der Waals surface area contributed by atoms with Gasteiger partial charge in [-0.15, -0.1) is 12.4 Å². The van der Waals surface area contributed by atoms with Gasteiger partial charge in [0.1, 0.15) is 5.82 Å². The van der Waals surface area contributed by atoms with Gasteiger partial charge in [-0.25, -0.2) is 4.39 Å². The number of halogens is 3. The predicted molar refractivity (Wildman–Crippen MR) is 90.1 cm³/mol. The van der Waals surface area contributed by atoms with E-state index in [2.05, 4.69) is 26.6 Å². The van der Waals surface area contributed by atoms with Crippen LogP contribution in [0.1, 0.15) is 23.2 Å². The zero-order valence-corrected chi connectivity index (χ0v) is 14.9. The van der Waals surface area contributed by atoms with Gasteiger partial charge in [-0.1, -0.05) is 0 Å². The van der Waals surface area contributed by atoms with Crippen LogP contribution in [0.5, 0.6) is 0 Å². The van der Waals surface area contributed by atoms with Crippen molar-refractivity contribution >= 4 is 34.2 Å². The molecule has 0 bridgehead atoms. The minimum absolute atomic E-state index is 0. The molecule has 22 heavy (non-hydrogen) atoms. The van der Waals surface area contributed by atoms with Crippen molar-refractivity contribution < 1.29 is 13.9 Å². The Morgan fingerprint density at radius 2 is 2.14 bits per heavy atom. The second kappa shape index (κ2) is 8.82. The van der Waals surface area contributed by atoms with E-state index in [1.54, 1.807) is 19.2 Å². The van der Waals surface area contributed by atoms with Crippen LogP contribution in [0.2, 0.25) is 0 Å². The molecule has 0 unspecified atom stereocenters. The van der Waals surface area contributed by atoms with Gasteiger partial charge in [-0.2, -0.15) is 0 Å². The summed E-state index contributed by atoms with van der Waals surface area (Å²) in [6, 6.07) is 4.39. The largest absolute Gasteiger partial charge is 0.384 e. The lowest BCUT2D eigenvalue weighted by Crippen LogP contribution is -2.47. The van der Waals surface area contributed by atoms with E-state index in [1.165, 1.54) is 6.07 Å². The van der Waals surface area contributed by atoms with Crippen molar-refractivity contribution in [2.75, 3.05) is 33.4 Å². The number of piperidine rings is 1. The Bertz CT molecular complexity index is 505. The highest BCUT2D eigenvalue weighted by Gasteiger charge is 2.32. The fraction of sp³-hybridized carbons (Fsp3) is 0.533. The molecule has 1 aliphatic heterocycles. The standard InChI is InChI=1S/C15H20BrFN2O2.ClH/c1-21-10-15(4-6-18-7-5-15)9-19-14(20)11-2-3-12(16)13(17)8-11;/h2-3,8,18H,4-7,9-10H2,1H3,(H,19,20);1H. The summed E-state index contributed by atoms with van der Waals surface area (Å²) in [6.45, 7) is 3.00. The van der Waals surface area contributed by atoms with E-state index >= 15 is 0 Å². The molecular formula is C15H21BrClFN2O2. The average Bonchev–Trinajstić information content (AvgIpc) is 2.49. The first-order valence-corrected chi connectivity index (χ1v) is 7.78. The summed E-state index contributed by atoms with van der Waals surface area (Å²) in [7, 11) is 1.68. The summed E-state index contributed by atoms with van der Waals surface area (Å²) >= 11 is 3.08. The lowest BCUT2D eigenvalue weighted by molar-refractivity contribution is 0.0511. The molecule has 1 aromatic carbocycles. The Kier molecular flexibility index (Phi) is 7.76. The Balaban J connectivity index is 0.00000242. The first kappa shape index (κ1) is 19.4. The number of carbonyl (C=O) groups is 1. The molecule has 124 valence electrons. The van der Waals surface area contributed by atoms with Crippen molar-refractivity contribution in [1.29, 1.82) is 0 Å². The molecule has 1 aliphatic rings. The molecule has 1 heterocycles. The predicted octanol–water partition coefficient (Wildman–Crippen LogP) is 2.76. The fourth-order valence-electron chi connectivity index (χ4n) is 2.64. The SMILES string of the molecule is COCC1(CNC(=O)c2ccc(Br)c(F)c2)CCNCC1.Cl. The van der Waals surface area contributed by atoms with Crippen LogP contribution in [0.15, 0.2) is 22.7 Å². The van der Waals surface area contributed by atoms with Crippen molar-refractivity contribution in [1.82, 2.24) is 10.6 Å². The number of benzene rings is 1. The van der Waals surface area contributed by atoms with E-state index in [-0.39, 0.29) is 23.7 Å². The normalized spacial score (nSPS) is 16.7. The Morgan fingerprint density at radius 3 is 2.73 bits per heavy atom. The summed E-state index contributed by atoms with van der Waals surface area (Å²) in [5.41, 5.74) is 0.293. The van der Waals surface area contributed by atoms with Gasteiger partial charge in [0.25, 0.3) is 5.91 Å². The number of hydrogen-bond acceptors (Lipinski definition) is 3. The molecule has 0 saturated carbocycles. The van der Waals surface area contributed by atoms with Crippen LogP contribution in [-0.4, -0.2) is 39.3 Å². The molecule has 2 rings (SSSR count). The second-order valence-corrected chi connectivity index (χ2v) is 6.35. The number of ether oxygens (including phenoxy) is 1. The molecule has 2 N–H and O–H groups in total. The highest BCUT2D eigenvalue weighted by molar-refractivity contribution is 9.10. The molecular weight excluding hydrogens is 375 g/mol. The molecule has 1 amide bonds. The molecule has 1 fully saturated rings. The maximum atomic E-state index is 13.5. The number of methoxy groups -OCH3 is 1. The number of carbonyl (C=O) groups excluding carboxylic acids is 1. The molecule has 4 nitrogen and oxygen atoms in total. The molecule has 0 aromatic heterocycles. The zero-order chi connectivity index (χ0) is 15.3. The topological polar surface area (TPSA) is 50.4 Å². The molecule has 1 aromatic rings. The van der Waals surface area contributed by atoms with Gasteiger partial charge < -0.3 is 15.4 Å². The average molecular weight is 396 g/mol. The highest BCUT2D eigenvalue weighted by atomic mass is 79.9. The van der Waals surface area contributed by atoms with Gasteiger partial charge in [0.05, 0.1) is 11.1 Å². The van der Waals surface area contributed by atoms with E-state index in [4.69, 9.17) is 4.74 Å². The summed E-state index contributed by atoms with van der Waals surface area (Å²) < 4.78 is 19.1. The number of amides is 1. The van der Waals surface area contributed by atoms with Crippen LogP contribution in [-0.2, 0) is 4.74 Å². The quantitative estimate of drug-likeness (QED) is 0.806. The van der Waals surface area contributed by atoms with Gasteiger partial charge in [-0.3, -0.25) is 4.79 Å². The Hall–Kier alpha value is -0.690. The van der Waals surface area contributed by atoms with E-state index in [9.17, 15) is 9.18 Å². The molecule has 0 spiro atoms. The minimum Gasteiger partial charge on any atom is -0.384 e. The lowest BCUT2D eigenvalue weighted by atomic mass is 9.79. The minimum atomic E-state index is -0.434. The summed E-state index contributed by atoms with van der Waals surface area (Å²) in [5.74, 6) is -0.688. The number of hydrogen-bond donors (Lipinski definition) is 2. The van der Waals surface area contributed by atoms with Crippen LogP contribution in [0.25, 0.3) is 0 Å². The van der Waals surface area contributed by atoms with Crippen LogP contribution in [0, 0.1) is 11.2 Å².